The lowest BCUT2D eigenvalue weighted by Gasteiger charge is -2.20. The van der Waals surface area contributed by atoms with Crippen molar-refractivity contribution in [2.45, 2.75) is 26.8 Å². The van der Waals surface area contributed by atoms with E-state index in [0.29, 0.717) is 50.7 Å². The fraction of sp³-hybridized carbons (Fsp3) is 0.194. The van der Waals surface area contributed by atoms with Crippen molar-refractivity contribution in [1.82, 2.24) is 19.5 Å². The molecule has 1 amide bonds. The number of pyridine rings is 2. The number of carbonyl (C=O) groups excluding carboxylic acids is 1. The fourth-order valence-corrected chi connectivity index (χ4v) is 4.64. The van der Waals surface area contributed by atoms with E-state index in [2.05, 4.69) is 20.3 Å². The third-order valence-electron chi connectivity index (χ3n) is 6.71. The van der Waals surface area contributed by atoms with Crippen LogP contribution in [-0.4, -0.2) is 39.6 Å². The minimum atomic E-state index is -0.674. The van der Waals surface area contributed by atoms with Crippen LogP contribution in [0.1, 0.15) is 35.9 Å². The van der Waals surface area contributed by atoms with Gasteiger partial charge in [0.1, 0.15) is 17.1 Å². The second-order valence-electron chi connectivity index (χ2n) is 9.67. The summed E-state index contributed by atoms with van der Waals surface area (Å²) in [6.07, 6.45) is 5.92. The zero-order chi connectivity index (χ0) is 30.0. The lowest BCUT2D eigenvalue weighted by molar-refractivity contribution is 0.102. The molecule has 0 bridgehead atoms. The van der Waals surface area contributed by atoms with E-state index in [1.807, 2.05) is 18.4 Å². The summed E-state index contributed by atoms with van der Waals surface area (Å²) < 4.78 is 32.1. The molecule has 3 heterocycles. The minimum absolute atomic E-state index is 0.0160. The summed E-state index contributed by atoms with van der Waals surface area (Å²) in [5.74, 6) is 0.750. The monoisotopic (exact) mass is 569 g/mol. The number of benzene rings is 2. The van der Waals surface area contributed by atoms with Crippen molar-refractivity contribution in [1.29, 1.82) is 0 Å². The fourth-order valence-electron chi connectivity index (χ4n) is 4.64. The van der Waals surface area contributed by atoms with Crippen LogP contribution in [-0.2, 0) is 0 Å². The molecule has 0 aliphatic carbocycles. The molecule has 0 saturated carbocycles. The topological polar surface area (TPSA) is 117 Å². The molecule has 0 aliphatic rings. The Labute approximate surface area is 240 Å². The number of rotatable bonds is 8. The Kier molecular flexibility index (Phi) is 7.83. The van der Waals surface area contributed by atoms with Gasteiger partial charge in [0, 0.05) is 41.1 Å². The van der Waals surface area contributed by atoms with Gasteiger partial charge in [0.25, 0.3) is 5.91 Å². The van der Waals surface area contributed by atoms with Gasteiger partial charge in [0.2, 0.25) is 11.4 Å². The molecule has 0 aliphatic heterocycles. The van der Waals surface area contributed by atoms with Gasteiger partial charge >= 0.3 is 0 Å². The van der Waals surface area contributed by atoms with Crippen molar-refractivity contribution >= 4 is 22.8 Å². The molecule has 2 aromatic carbocycles. The van der Waals surface area contributed by atoms with Gasteiger partial charge in [-0.15, -0.1) is 0 Å². The maximum atomic E-state index is 13.6. The summed E-state index contributed by atoms with van der Waals surface area (Å²) in [7, 11) is 3.09. The molecule has 0 spiro atoms. The van der Waals surface area contributed by atoms with Crippen LogP contribution >= 0.6 is 0 Å². The maximum absolute atomic E-state index is 13.6. The van der Waals surface area contributed by atoms with Crippen LogP contribution in [0.25, 0.3) is 22.0 Å². The second-order valence-corrected chi connectivity index (χ2v) is 9.67. The average molecular weight is 570 g/mol. The molecular formula is C31H28FN5O5. The number of hydrogen-bond donors (Lipinski definition) is 1. The summed E-state index contributed by atoms with van der Waals surface area (Å²) >= 11 is 0. The molecule has 1 N–H and O–H groups in total. The Bertz CT molecular complexity index is 1840. The lowest BCUT2D eigenvalue weighted by atomic mass is 10.0. The SMILES string of the molecule is COc1cc2nccc(Oc3cnc(NC(=O)c4cn(C(C)C)c(C)c(-c5ccc(F)cc5)c4=O)nc3)c2cc1OC. The van der Waals surface area contributed by atoms with Gasteiger partial charge < -0.3 is 18.8 Å². The summed E-state index contributed by atoms with van der Waals surface area (Å²) in [5.41, 5.74) is 1.56. The van der Waals surface area contributed by atoms with Gasteiger partial charge in [-0.3, -0.25) is 19.9 Å². The molecule has 3 aromatic heterocycles. The molecule has 0 atom stereocenters. The Morgan fingerprint density at radius 1 is 0.952 bits per heavy atom. The largest absolute Gasteiger partial charge is 0.493 e. The Morgan fingerprint density at radius 2 is 1.62 bits per heavy atom. The van der Waals surface area contributed by atoms with Gasteiger partial charge in [-0.25, -0.2) is 14.4 Å². The predicted molar refractivity (Wildman–Crippen MR) is 156 cm³/mol. The third kappa shape index (κ3) is 5.49. The van der Waals surface area contributed by atoms with Gasteiger partial charge in [-0.2, -0.15) is 0 Å². The molecule has 0 saturated heterocycles. The number of aromatic nitrogens is 4. The molecule has 5 rings (SSSR count). The molecule has 5 aromatic rings. The lowest BCUT2D eigenvalue weighted by Crippen LogP contribution is -2.27. The second kappa shape index (κ2) is 11.7. The van der Waals surface area contributed by atoms with Crippen LogP contribution in [0, 0.1) is 12.7 Å². The number of ether oxygens (including phenoxy) is 3. The van der Waals surface area contributed by atoms with E-state index in [-0.39, 0.29) is 17.6 Å². The van der Waals surface area contributed by atoms with Crippen LogP contribution in [0.2, 0.25) is 0 Å². The molecule has 0 fully saturated rings. The quantitative estimate of drug-likeness (QED) is 0.244. The van der Waals surface area contributed by atoms with Crippen molar-refractivity contribution in [2.75, 3.05) is 19.5 Å². The highest BCUT2D eigenvalue weighted by Gasteiger charge is 2.21. The number of nitrogens with zero attached hydrogens (tertiary/aromatic N) is 4. The van der Waals surface area contributed by atoms with Crippen molar-refractivity contribution in [2.24, 2.45) is 0 Å². The average Bonchev–Trinajstić information content (AvgIpc) is 2.98. The molecular weight excluding hydrogens is 541 g/mol. The number of nitrogens with one attached hydrogen (secondary N) is 1. The van der Waals surface area contributed by atoms with E-state index in [4.69, 9.17) is 14.2 Å². The van der Waals surface area contributed by atoms with E-state index in [1.54, 1.807) is 45.5 Å². The number of fused-ring (bicyclic) bond motifs is 1. The van der Waals surface area contributed by atoms with Crippen molar-refractivity contribution in [3.63, 3.8) is 0 Å². The minimum Gasteiger partial charge on any atom is -0.493 e. The van der Waals surface area contributed by atoms with Gasteiger partial charge in [-0.1, -0.05) is 12.1 Å². The first kappa shape index (κ1) is 28.2. The molecule has 0 radical (unpaired) electrons. The zero-order valence-corrected chi connectivity index (χ0v) is 23.6. The molecule has 0 unspecified atom stereocenters. The van der Waals surface area contributed by atoms with E-state index in [0.717, 1.165) is 0 Å². The standard InChI is InChI=1S/C31H28FN5O5/c1-17(2)37-16-23(29(38)28(18(37)3)19-6-8-20(32)9-7-19)30(39)36-31-34-14-21(15-35-31)42-25-10-11-33-24-13-27(41-5)26(40-4)12-22(24)25/h6-17H,1-5H3,(H,34,35,36,39). The van der Waals surface area contributed by atoms with E-state index in [9.17, 15) is 14.0 Å². The van der Waals surface area contributed by atoms with E-state index < -0.39 is 17.2 Å². The van der Waals surface area contributed by atoms with Gasteiger partial charge in [0.15, 0.2) is 17.2 Å². The first-order valence-electron chi connectivity index (χ1n) is 13.0. The molecule has 11 heteroatoms. The smallest absolute Gasteiger partial charge is 0.263 e. The zero-order valence-electron chi connectivity index (χ0n) is 23.6. The number of amides is 1. The highest BCUT2D eigenvalue weighted by molar-refractivity contribution is 6.03. The summed E-state index contributed by atoms with van der Waals surface area (Å²) in [5, 5.41) is 3.28. The van der Waals surface area contributed by atoms with Crippen molar-refractivity contribution in [3.8, 4) is 34.1 Å². The first-order valence-corrected chi connectivity index (χ1v) is 13.0. The number of methoxy groups -OCH3 is 2. The van der Waals surface area contributed by atoms with E-state index >= 15 is 0 Å². The molecule has 10 nitrogen and oxygen atoms in total. The number of carbonyl (C=O) groups is 1. The predicted octanol–water partition coefficient (Wildman–Crippen LogP) is 5.94. The van der Waals surface area contributed by atoms with E-state index in [1.165, 1.54) is 42.9 Å². The van der Waals surface area contributed by atoms with Crippen LogP contribution in [0.15, 0.2) is 72.0 Å². The highest BCUT2D eigenvalue weighted by atomic mass is 19.1. The van der Waals surface area contributed by atoms with Crippen LogP contribution < -0.4 is 25.0 Å². The molecule has 214 valence electrons. The van der Waals surface area contributed by atoms with Crippen LogP contribution in [0.3, 0.4) is 0 Å². The third-order valence-corrected chi connectivity index (χ3v) is 6.71. The van der Waals surface area contributed by atoms with Gasteiger partial charge in [-0.05, 0) is 50.6 Å². The Morgan fingerprint density at radius 3 is 2.26 bits per heavy atom. The molecule has 42 heavy (non-hydrogen) atoms. The Balaban J connectivity index is 1.41. The number of hydrogen-bond acceptors (Lipinski definition) is 8. The summed E-state index contributed by atoms with van der Waals surface area (Å²) in [6.45, 7) is 5.67. The summed E-state index contributed by atoms with van der Waals surface area (Å²) in [6, 6.07) is 10.8. The van der Waals surface area contributed by atoms with Crippen LogP contribution in [0.5, 0.6) is 23.0 Å². The summed E-state index contributed by atoms with van der Waals surface area (Å²) in [4.78, 5) is 39.5. The van der Waals surface area contributed by atoms with Crippen molar-refractivity contribution < 1.29 is 23.4 Å². The normalized spacial score (nSPS) is 11.0. The first-order chi connectivity index (χ1) is 20.2. The number of halogens is 1. The van der Waals surface area contributed by atoms with Gasteiger partial charge in [0.05, 0.1) is 32.1 Å². The maximum Gasteiger partial charge on any atom is 0.263 e. The highest BCUT2D eigenvalue weighted by Crippen LogP contribution is 2.36. The van der Waals surface area contributed by atoms with Crippen molar-refractivity contribution in [3.05, 3.63) is 94.5 Å². The Hall–Kier alpha value is -5.32. The van der Waals surface area contributed by atoms with Crippen LogP contribution in [0.4, 0.5) is 10.3 Å². The number of anilines is 1.